The summed E-state index contributed by atoms with van der Waals surface area (Å²) in [6.07, 6.45) is 2.96. The molecule has 0 amide bonds. The molecule has 8 nitrogen and oxygen atoms in total. The van der Waals surface area contributed by atoms with Gasteiger partial charge in [-0.15, -0.1) is 0 Å². The van der Waals surface area contributed by atoms with E-state index in [1.807, 2.05) is 4.90 Å². The van der Waals surface area contributed by atoms with E-state index in [0.717, 1.165) is 18.4 Å². The predicted molar refractivity (Wildman–Crippen MR) is 121 cm³/mol. The normalized spacial score (nSPS) is 18.1. The molecule has 5 rings (SSSR count). The second-order valence-corrected chi connectivity index (χ2v) is 8.51. The average molecular weight is 490 g/mol. The van der Waals surface area contributed by atoms with Gasteiger partial charge in [0.2, 0.25) is 5.88 Å². The maximum Gasteiger partial charge on any atom is 0.290 e. The number of aromatic nitrogens is 4. The Morgan fingerprint density at radius 3 is 2.85 bits per heavy atom. The lowest BCUT2D eigenvalue weighted by Crippen LogP contribution is -2.36. The molecule has 2 aromatic heterocycles. The lowest BCUT2D eigenvalue weighted by Gasteiger charge is -2.31. The Morgan fingerprint density at radius 1 is 1.21 bits per heavy atom. The first-order valence-electron chi connectivity index (χ1n) is 11.0. The van der Waals surface area contributed by atoms with E-state index < -0.39 is 18.2 Å². The number of rotatable bonds is 5. The van der Waals surface area contributed by atoms with Gasteiger partial charge in [-0.3, -0.25) is 4.79 Å². The summed E-state index contributed by atoms with van der Waals surface area (Å²) in [4.78, 5) is 23.3. The Labute approximate surface area is 199 Å². The number of halogens is 3. The van der Waals surface area contributed by atoms with Gasteiger partial charge in [-0.1, -0.05) is 23.7 Å². The maximum atomic E-state index is 13.4. The van der Waals surface area contributed by atoms with E-state index in [1.54, 1.807) is 12.3 Å². The van der Waals surface area contributed by atoms with Crippen LogP contribution in [0.3, 0.4) is 0 Å². The van der Waals surface area contributed by atoms with Gasteiger partial charge in [0.15, 0.2) is 6.23 Å². The number of ether oxygens (including phenoxy) is 2. The molecule has 178 valence electrons. The highest BCUT2D eigenvalue weighted by Crippen LogP contribution is 2.35. The molecule has 1 fully saturated rings. The van der Waals surface area contributed by atoms with E-state index in [-0.39, 0.29) is 22.2 Å². The Morgan fingerprint density at radius 2 is 2.06 bits per heavy atom. The van der Waals surface area contributed by atoms with Crippen molar-refractivity contribution in [1.29, 1.82) is 0 Å². The summed E-state index contributed by atoms with van der Waals surface area (Å²) < 4.78 is 39.5. The van der Waals surface area contributed by atoms with E-state index >= 15 is 0 Å². The molecule has 4 heterocycles. The second kappa shape index (κ2) is 9.63. The fourth-order valence-electron chi connectivity index (χ4n) is 4.25. The molecule has 34 heavy (non-hydrogen) atoms. The molecule has 0 saturated carbocycles. The van der Waals surface area contributed by atoms with Crippen molar-refractivity contribution < 1.29 is 18.3 Å². The third-order valence-corrected chi connectivity index (χ3v) is 6.38. The molecule has 0 radical (unpaired) electrons. The average Bonchev–Trinajstić information content (AvgIpc) is 2.86. The van der Waals surface area contributed by atoms with Gasteiger partial charge in [-0.05, 0) is 37.8 Å². The summed E-state index contributed by atoms with van der Waals surface area (Å²) in [5.41, 5.74) is 1.31. The minimum absolute atomic E-state index is 0.0571. The van der Waals surface area contributed by atoms with Crippen LogP contribution in [0.15, 0.2) is 41.6 Å². The number of hydrogen-bond acceptors (Lipinski definition) is 7. The van der Waals surface area contributed by atoms with Gasteiger partial charge >= 0.3 is 0 Å². The molecule has 0 bridgehead atoms. The Hall–Kier alpha value is -3.11. The van der Waals surface area contributed by atoms with Gasteiger partial charge in [0.05, 0.1) is 29.7 Å². The van der Waals surface area contributed by atoms with E-state index in [4.69, 9.17) is 21.1 Å². The first kappa shape index (κ1) is 22.7. The highest BCUT2D eigenvalue weighted by atomic mass is 35.5. The quantitative estimate of drug-likeness (QED) is 0.514. The highest BCUT2D eigenvalue weighted by molar-refractivity contribution is 6.33. The van der Waals surface area contributed by atoms with Crippen molar-refractivity contribution in [2.75, 3.05) is 18.1 Å². The summed E-state index contributed by atoms with van der Waals surface area (Å²) in [6.45, 7) is 1.43. The summed E-state index contributed by atoms with van der Waals surface area (Å²) >= 11 is 6.46. The second-order valence-electron chi connectivity index (χ2n) is 8.13. The first-order chi connectivity index (χ1) is 16.5. The van der Waals surface area contributed by atoms with E-state index in [9.17, 15) is 13.6 Å². The Kier molecular flexibility index (Phi) is 6.42. The number of nitrogens with zero attached hydrogens (tertiary/aromatic N) is 5. The van der Waals surface area contributed by atoms with Gasteiger partial charge in [0.25, 0.3) is 12.0 Å². The SMILES string of the molecule is O=c1c(Cl)c(N2CCc3c(ncnc3Oc3ccccc3C(F)F)C2)cnn1C1CCCCO1. The molecule has 2 aliphatic heterocycles. The first-order valence-corrected chi connectivity index (χ1v) is 11.4. The van der Waals surface area contributed by atoms with Crippen molar-refractivity contribution in [2.24, 2.45) is 0 Å². The third kappa shape index (κ3) is 4.35. The van der Waals surface area contributed by atoms with Crippen LogP contribution in [0, 0.1) is 0 Å². The van der Waals surface area contributed by atoms with Crippen LogP contribution in [-0.2, 0) is 17.7 Å². The van der Waals surface area contributed by atoms with Crippen LogP contribution < -0.4 is 15.2 Å². The van der Waals surface area contributed by atoms with E-state index in [0.29, 0.717) is 43.9 Å². The smallest absolute Gasteiger partial charge is 0.290 e. The van der Waals surface area contributed by atoms with Crippen molar-refractivity contribution in [2.45, 2.75) is 44.9 Å². The molecule has 11 heteroatoms. The molecule has 1 atom stereocenters. The van der Waals surface area contributed by atoms with Crippen molar-refractivity contribution in [3.8, 4) is 11.6 Å². The molecular weight excluding hydrogens is 468 g/mol. The van der Waals surface area contributed by atoms with Gasteiger partial charge < -0.3 is 14.4 Å². The zero-order valence-corrected chi connectivity index (χ0v) is 18.9. The highest BCUT2D eigenvalue weighted by Gasteiger charge is 2.27. The summed E-state index contributed by atoms with van der Waals surface area (Å²) in [6, 6.07) is 5.98. The van der Waals surface area contributed by atoms with Crippen molar-refractivity contribution in [1.82, 2.24) is 19.7 Å². The number of para-hydroxylation sites is 1. The zero-order valence-electron chi connectivity index (χ0n) is 18.2. The molecule has 0 spiro atoms. The number of benzene rings is 1. The van der Waals surface area contributed by atoms with Gasteiger partial charge in [-0.2, -0.15) is 9.78 Å². The fraction of sp³-hybridized carbons (Fsp3) is 0.391. The lowest BCUT2D eigenvalue weighted by atomic mass is 10.1. The van der Waals surface area contributed by atoms with Crippen LogP contribution in [0.2, 0.25) is 5.02 Å². The largest absolute Gasteiger partial charge is 0.438 e. The molecule has 0 aliphatic carbocycles. The van der Waals surface area contributed by atoms with Crippen LogP contribution >= 0.6 is 11.6 Å². The van der Waals surface area contributed by atoms with Crippen molar-refractivity contribution >= 4 is 17.3 Å². The zero-order chi connectivity index (χ0) is 23.7. The minimum Gasteiger partial charge on any atom is -0.438 e. The van der Waals surface area contributed by atoms with Gasteiger partial charge in [-0.25, -0.2) is 18.7 Å². The Bertz CT molecular complexity index is 1250. The topological polar surface area (TPSA) is 82.4 Å². The lowest BCUT2D eigenvalue weighted by molar-refractivity contribution is -0.0424. The number of anilines is 1. The molecule has 3 aromatic rings. The van der Waals surface area contributed by atoms with Crippen LogP contribution in [0.5, 0.6) is 11.6 Å². The fourth-order valence-corrected chi connectivity index (χ4v) is 4.51. The minimum atomic E-state index is -2.67. The summed E-state index contributed by atoms with van der Waals surface area (Å²) in [7, 11) is 0. The van der Waals surface area contributed by atoms with E-state index in [2.05, 4.69) is 15.1 Å². The standard InChI is InChI=1S/C23H22ClF2N5O3/c24-20-17(11-29-31(23(20)32)19-7-3-4-10-33-19)30-9-8-14-16(12-30)27-13-28-22(14)34-18-6-2-1-5-15(18)21(25)26/h1-2,5-6,11,13,19,21H,3-4,7-10,12H2. The van der Waals surface area contributed by atoms with Crippen LogP contribution in [0.25, 0.3) is 0 Å². The number of hydrogen-bond donors (Lipinski definition) is 0. The third-order valence-electron chi connectivity index (χ3n) is 6.02. The molecule has 0 N–H and O–H groups in total. The maximum absolute atomic E-state index is 13.4. The molecule has 1 aromatic carbocycles. The summed E-state index contributed by atoms with van der Waals surface area (Å²) in [5.74, 6) is 0.299. The number of fused-ring (bicyclic) bond motifs is 1. The van der Waals surface area contributed by atoms with Crippen molar-refractivity contribution in [3.63, 3.8) is 0 Å². The monoisotopic (exact) mass is 489 g/mol. The molecule has 1 unspecified atom stereocenters. The van der Waals surface area contributed by atoms with Crippen molar-refractivity contribution in [3.05, 3.63) is 69.0 Å². The van der Waals surface area contributed by atoms with E-state index in [1.165, 1.54) is 29.2 Å². The Balaban J connectivity index is 1.39. The molecule has 2 aliphatic rings. The predicted octanol–water partition coefficient (Wildman–Crippen LogP) is 4.68. The van der Waals surface area contributed by atoms with Gasteiger partial charge in [0, 0.05) is 18.7 Å². The van der Waals surface area contributed by atoms with Crippen LogP contribution in [0.4, 0.5) is 14.5 Å². The molecular formula is C23H22ClF2N5O3. The molecule has 1 saturated heterocycles. The van der Waals surface area contributed by atoms with Crippen LogP contribution in [0.1, 0.15) is 48.7 Å². The number of alkyl halides is 2. The summed E-state index contributed by atoms with van der Waals surface area (Å²) in [5, 5.41) is 4.39. The van der Waals surface area contributed by atoms with Gasteiger partial charge in [0.1, 0.15) is 17.1 Å². The van der Waals surface area contributed by atoms with Crippen LogP contribution in [-0.4, -0.2) is 32.9 Å².